The summed E-state index contributed by atoms with van der Waals surface area (Å²) in [6, 6.07) is 23.9. The molecule has 0 saturated heterocycles. The maximum absolute atomic E-state index is 13.3. The van der Waals surface area contributed by atoms with Crippen molar-refractivity contribution in [1.82, 2.24) is 24.0 Å². The van der Waals surface area contributed by atoms with E-state index in [-0.39, 0.29) is 18.5 Å². The lowest BCUT2D eigenvalue weighted by molar-refractivity contribution is 0.0938. The third-order valence-electron chi connectivity index (χ3n) is 7.34. The Kier molecular flexibility index (Phi) is 7.87. The second-order valence-electron chi connectivity index (χ2n) is 10.5. The van der Waals surface area contributed by atoms with Crippen LogP contribution in [0, 0.1) is 20.8 Å². The molecule has 0 fully saturated rings. The number of carboxylic acid groups (broad SMARTS) is 1. The Morgan fingerprint density at radius 3 is 2.10 bits per heavy atom. The van der Waals surface area contributed by atoms with Crippen molar-refractivity contribution in [3.63, 3.8) is 0 Å². The number of nitrogens with one attached hydrogen (secondary N) is 1. The van der Waals surface area contributed by atoms with Crippen molar-refractivity contribution in [2.75, 3.05) is 6.54 Å². The molecule has 1 atom stereocenters. The standard InChI is InChI=1S/C32H34N6O3/c1-21-9-13-24(14-10-21)17-26(18-33-30(39)29-23(3)34-20-36(29)4)38-28-8-6-5-7-27(28)37(31(38)35-32(40)41)19-25-15-11-22(2)12-16-25/h5-16,20,26H,17-19H2,1-4H3,(H,33,39)(H,40,41)/t26-/m0/s1. The van der Waals surface area contributed by atoms with E-state index in [0.29, 0.717) is 30.0 Å². The van der Waals surface area contributed by atoms with E-state index in [0.717, 1.165) is 33.3 Å². The first-order chi connectivity index (χ1) is 19.7. The quantitative estimate of drug-likeness (QED) is 0.285. The molecule has 210 valence electrons. The van der Waals surface area contributed by atoms with Gasteiger partial charge in [0.25, 0.3) is 5.91 Å². The van der Waals surface area contributed by atoms with Crippen LogP contribution in [0.5, 0.6) is 0 Å². The smallest absolute Gasteiger partial charge is 0.434 e. The van der Waals surface area contributed by atoms with Gasteiger partial charge in [0, 0.05) is 13.6 Å². The summed E-state index contributed by atoms with van der Waals surface area (Å²) in [4.78, 5) is 33.7. The van der Waals surface area contributed by atoms with Crippen molar-refractivity contribution in [3.05, 3.63) is 118 Å². The largest absolute Gasteiger partial charge is 0.463 e. The predicted molar refractivity (Wildman–Crippen MR) is 158 cm³/mol. The van der Waals surface area contributed by atoms with E-state index in [1.807, 2.05) is 71.5 Å². The van der Waals surface area contributed by atoms with E-state index in [9.17, 15) is 14.7 Å². The summed E-state index contributed by atoms with van der Waals surface area (Å²) >= 11 is 0. The minimum atomic E-state index is -1.28. The Morgan fingerprint density at radius 2 is 1.51 bits per heavy atom. The second kappa shape index (κ2) is 11.7. The van der Waals surface area contributed by atoms with Crippen molar-refractivity contribution >= 4 is 23.0 Å². The molecule has 2 N–H and O–H groups in total. The van der Waals surface area contributed by atoms with Gasteiger partial charge < -0.3 is 24.1 Å². The highest BCUT2D eigenvalue weighted by Gasteiger charge is 2.23. The lowest BCUT2D eigenvalue weighted by atomic mass is 10.0. The van der Waals surface area contributed by atoms with Crippen molar-refractivity contribution in [1.29, 1.82) is 0 Å². The number of amides is 2. The third kappa shape index (κ3) is 5.99. The number of nitrogens with zero attached hydrogens (tertiary/aromatic N) is 5. The van der Waals surface area contributed by atoms with Gasteiger partial charge in [-0.15, -0.1) is 4.99 Å². The SMILES string of the molecule is Cc1ccc(C[C@@H](CNC(=O)c2c(C)ncn2C)n2c(=NC(=O)O)n(Cc3ccc(C)cc3)c3ccccc32)cc1. The zero-order valence-electron chi connectivity index (χ0n) is 23.7. The third-order valence-corrected chi connectivity index (χ3v) is 7.34. The van der Waals surface area contributed by atoms with Crippen LogP contribution < -0.4 is 10.9 Å². The van der Waals surface area contributed by atoms with Crippen LogP contribution in [-0.4, -0.2) is 42.3 Å². The molecule has 3 aromatic carbocycles. The Hall–Kier alpha value is -4.92. The van der Waals surface area contributed by atoms with Crippen LogP contribution in [0.3, 0.4) is 0 Å². The monoisotopic (exact) mass is 550 g/mol. The van der Waals surface area contributed by atoms with E-state index in [1.54, 1.807) is 24.9 Å². The first kappa shape index (κ1) is 27.6. The van der Waals surface area contributed by atoms with Crippen LogP contribution >= 0.6 is 0 Å². The average molecular weight is 551 g/mol. The van der Waals surface area contributed by atoms with E-state index in [4.69, 9.17) is 0 Å². The molecule has 9 heteroatoms. The lowest BCUT2D eigenvalue weighted by Crippen LogP contribution is -2.38. The Morgan fingerprint density at radius 1 is 0.902 bits per heavy atom. The second-order valence-corrected chi connectivity index (χ2v) is 10.5. The van der Waals surface area contributed by atoms with E-state index < -0.39 is 6.09 Å². The average Bonchev–Trinajstić information content (AvgIpc) is 3.44. The summed E-state index contributed by atoms with van der Waals surface area (Å²) in [6.45, 7) is 6.57. The molecule has 0 aliphatic rings. The molecule has 0 spiro atoms. The normalized spacial score (nSPS) is 12.5. The highest BCUT2D eigenvalue weighted by molar-refractivity contribution is 5.93. The fourth-order valence-corrected chi connectivity index (χ4v) is 5.25. The molecule has 2 amide bonds. The van der Waals surface area contributed by atoms with Crippen LogP contribution in [0.4, 0.5) is 4.79 Å². The van der Waals surface area contributed by atoms with Gasteiger partial charge in [-0.05, 0) is 50.5 Å². The van der Waals surface area contributed by atoms with Crippen LogP contribution in [0.15, 0.2) is 84.1 Å². The number of carbonyl (C=O) groups is 2. The molecule has 41 heavy (non-hydrogen) atoms. The van der Waals surface area contributed by atoms with Crippen LogP contribution in [-0.2, 0) is 20.0 Å². The summed E-state index contributed by atoms with van der Waals surface area (Å²) in [7, 11) is 1.79. The molecular formula is C32H34N6O3. The highest BCUT2D eigenvalue weighted by atomic mass is 16.4. The van der Waals surface area contributed by atoms with Crippen LogP contribution in [0.25, 0.3) is 11.0 Å². The van der Waals surface area contributed by atoms with Gasteiger partial charge in [0.1, 0.15) is 5.69 Å². The van der Waals surface area contributed by atoms with Crippen molar-refractivity contribution < 1.29 is 14.7 Å². The Bertz CT molecular complexity index is 1760. The maximum atomic E-state index is 13.3. The zero-order chi connectivity index (χ0) is 29.1. The summed E-state index contributed by atoms with van der Waals surface area (Å²) in [5.74, 6) is -0.239. The number of hydrogen-bond acceptors (Lipinski definition) is 3. The number of carbonyl (C=O) groups excluding carboxylic acids is 1. The predicted octanol–water partition coefficient (Wildman–Crippen LogP) is 4.94. The number of rotatable bonds is 8. The van der Waals surface area contributed by atoms with E-state index in [2.05, 4.69) is 39.6 Å². The van der Waals surface area contributed by atoms with Gasteiger partial charge in [-0.2, -0.15) is 0 Å². The van der Waals surface area contributed by atoms with Crippen molar-refractivity contribution in [3.8, 4) is 0 Å². The van der Waals surface area contributed by atoms with Gasteiger partial charge in [0.05, 0.1) is 35.6 Å². The molecule has 0 saturated carbocycles. The molecule has 5 aromatic rings. The van der Waals surface area contributed by atoms with Gasteiger partial charge >= 0.3 is 6.09 Å². The van der Waals surface area contributed by atoms with E-state index >= 15 is 0 Å². The molecule has 0 aliphatic carbocycles. The summed E-state index contributed by atoms with van der Waals surface area (Å²) in [5.41, 5.74) is 7.52. The molecule has 0 bridgehead atoms. The number of aromatic nitrogens is 4. The molecule has 5 rings (SSSR count). The summed E-state index contributed by atoms with van der Waals surface area (Å²) < 4.78 is 5.59. The molecule has 0 radical (unpaired) electrons. The first-order valence-corrected chi connectivity index (χ1v) is 13.6. The van der Waals surface area contributed by atoms with Gasteiger partial charge in [0.2, 0.25) is 5.62 Å². The van der Waals surface area contributed by atoms with Crippen LogP contribution in [0.1, 0.15) is 44.5 Å². The Labute approximate surface area is 238 Å². The number of hydrogen-bond donors (Lipinski definition) is 2. The highest BCUT2D eigenvalue weighted by Crippen LogP contribution is 2.22. The number of imidazole rings is 2. The van der Waals surface area contributed by atoms with Crippen molar-refractivity contribution in [2.24, 2.45) is 12.0 Å². The van der Waals surface area contributed by atoms with Crippen molar-refractivity contribution in [2.45, 2.75) is 39.8 Å². The van der Waals surface area contributed by atoms with Gasteiger partial charge in [-0.25, -0.2) is 9.78 Å². The number of benzene rings is 3. The van der Waals surface area contributed by atoms with Gasteiger partial charge in [0.15, 0.2) is 0 Å². The summed E-state index contributed by atoms with van der Waals surface area (Å²) in [6.07, 6.45) is 0.886. The molecule has 2 aromatic heterocycles. The fourth-order valence-electron chi connectivity index (χ4n) is 5.25. The number of fused-ring (bicyclic) bond motifs is 1. The Balaban J connectivity index is 1.65. The number of aryl methyl sites for hydroxylation is 4. The molecule has 0 aliphatic heterocycles. The van der Waals surface area contributed by atoms with Gasteiger partial charge in [-0.1, -0.05) is 71.8 Å². The van der Waals surface area contributed by atoms with Gasteiger partial charge in [-0.3, -0.25) is 4.79 Å². The molecule has 9 nitrogen and oxygen atoms in total. The zero-order valence-corrected chi connectivity index (χ0v) is 23.7. The maximum Gasteiger partial charge on any atom is 0.434 e. The number of para-hydroxylation sites is 2. The topological polar surface area (TPSA) is 106 Å². The summed E-state index contributed by atoms with van der Waals surface area (Å²) in [5, 5.41) is 13.0. The lowest BCUT2D eigenvalue weighted by Gasteiger charge is -2.21. The van der Waals surface area contributed by atoms with E-state index in [1.165, 1.54) is 0 Å². The molecule has 0 unspecified atom stereocenters. The minimum Gasteiger partial charge on any atom is -0.463 e. The van der Waals surface area contributed by atoms with Crippen LogP contribution in [0.2, 0.25) is 0 Å². The molecular weight excluding hydrogens is 516 g/mol. The molecule has 2 heterocycles. The fraction of sp³-hybridized carbons (Fsp3) is 0.250. The first-order valence-electron chi connectivity index (χ1n) is 13.6. The minimum absolute atomic E-state index is 0.239.